The van der Waals surface area contributed by atoms with E-state index >= 15 is 0 Å². The molecule has 20 heavy (non-hydrogen) atoms. The van der Waals surface area contributed by atoms with Gasteiger partial charge in [0.2, 0.25) is 0 Å². The first kappa shape index (κ1) is 14.9. The van der Waals surface area contributed by atoms with Crippen molar-refractivity contribution in [3.05, 3.63) is 59.9 Å². The van der Waals surface area contributed by atoms with Crippen molar-refractivity contribution in [2.75, 3.05) is 18.9 Å². The van der Waals surface area contributed by atoms with Crippen LogP contribution in [0.25, 0.3) is 0 Å². The third-order valence-corrected chi connectivity index (χ3v) is 3.73. The molecule has 0 radical (unpaired) electrons. The van der Waals surface area contributed by atoms with E-state index in [1.165, 1.54) is 17.7 Å². The summed E-state index contributed by atoms with van der Waals surface area (Å²) >= 11 is 1.58. The zero-order valence-corrected chi connectivity index (χ0v) is 12.0. The molecule has 0 aliphatic carbocycles. The van der Waals surface area contributed by atoms with Crippen molar-refractivity contribution >= 4 is 11.8 Å². The van der Waals surface area contributed by atoms with Gasteiger partial charge in [0.1, 0.15) is 11.6 Å². The average Bonchev–Trinajstić information content (AvgIpc) is 2.46. The molecule has 106 valence electrons. The highest BCUT2D eigenvalue weighted by Crippen LogP contribution is 2.19. The van der Waals surface area contributed by atoms with E-state index in [1.807, 2.05) is 30.3 Å². The summed E-state index contributed by atoms with van der Waals surface area (Å²) in [6.07, 6.45) is 0.885. The Morgan fingerprint density at radius 1 is 1.10 bits per heavy atom. The lowest BCUT2D eigenvalue weighted by atomic mass is 10.1. The summed E-state index contributed by atoms with van der Waals surface area (Å²) < 4.78 is 18.6. The van der Waals surface area contributed by atoms with Gasteiger partial charge in [-0.25, -0.2) is 4.39 Å². The molecule has 0 aliphatic rings. The summed E-state index contributed by atoms with van der Waals surface area (Å²) in [6.45, 7) is 1.25. The van der Waals surface area contributed by atoms with Crippen LogP contribution >= 0.6 is 11.8 Å². The Bertz CT molecular complexity index is 530. The van der Waals surface area contributed by atoms with Crippen LogP contribution in [0.4, 0.5) is 4.39 Å². The number of halogens is 1. The van der Waals surface area contributed by atoms with Crippen LogP contribution in [0, 0.1) is 5.82 Å². The lowest BCUT2D eigenvalue weighted by Crippen LogP contribution is -2.03. The van der Waals surface area contributed by atoms with E-state index in [-0.39, 0.29) is 5.82 Å². The molecule has 0 unspecified atom stereocenters. The normalized spacial score (nSPS) is 10.5. The van der Waals surface area contributed by atoms with Gasteiger partial charge in [-0.1, -0.05) is 18.2 Å². The number of rotatable bonds is 7. The molecule has 2 aromatic rings. The lowest BCUT2D eigenvalue weighted by Gasteiger charge is -2.07. The first-order valence-corrected chi connectivity index (χ1v) is 7.56. The first-order chi connectivity index (χ1) is 9.78. The Labute approximate surface area is 123 Å². The molecule has 0 atom stereocenters. The van der Waals surface area contributed by atoms with Gasteiger partial charge >= 0.3 is 0 Å². The summed E-state index contributed by atoms with van der Waals surface area (Å²) in [4.78, 5) is 0.923. The lowest BCUT2D eigenvalue weighted by molar-refractivity contribution is 0.344. The Kier molecular flexibility index (Phi) is 5.89. The molecule has 0 saturated heterocycles. The van der Waals surface area contributed by atoms with E-state index < -0.39 is 0 Å². The van der Waals surface area contributed by atoms with E-state index in [0.29, 0.717) is 13.2 Å². The van der Waals surface area contributed by atoms with Gasteiger partial charge in [0.15, 0.2) is 0 Å². The quantitative estimate of drug-likeness (QED) is 0.626. The van der Waals surface area contributed by atoms with Crippen LogP contribution < -0.4 is 10.5 Å². The molecule has 2 rings (SSSR count). The van der Waals surface area contributed by atoms with Crippen molar-refractivity contribution in [1.82, 2.24) is 0 Å². The molecule has 0 aliphatic heterocycles. The predicted octanol–water partition coefficient (Wildman–Crippen LogP) is 3.50. The summed E-state index contributed by atoms with van der Waals surface area (Å²) in [7, 11) is 0. The van der Waals surface area contributed by atoms with Crippen molar-refractivity contribution in [2.24, 2.45) is 5.73 Å². The van der Waals surface area contributed by atoms with Gasteiger partial charge in [0.25, 0.3) is 0 Å². The molecule has 0 fully saturated rings. The van der Waals surface area contributed by atoms with Gasteiger partial charge in [0.05, 0.1) is 6.61 Å². The topological polar surface area (TPSA) is 35.2 Å². The second-order valence-corrected chi connectivity index (χ2v) is 5.51. The Morgan fingerprint density at radius 3 is 2.60 bits per heavy atom. The van der Waals surface area contributed by atoms with Crippen LogP contribution in [0.2, 0.25) is 0 Å². The molecule has 0 amide bonds. The Morgan fingerprint density at radius 2 is 1.90 bits per heavy atom. The monoisotopic (exact) mass is 291 g/mol. The van der Waals surface area contributed by atoms with Crippen LogP contribution in [0.5, 0.6) is 5.75 Å². The van der Waals surface area contributed by atoms with Crippen molar-refractivity contribution in [3.63, 3.8) is 0 Å². The number of benzene rings is 2. The van der Waals surface area contributed by atoms with E-state index in [1.54, 1.807) is 17.8 Å². The number of nitrogens with two attached hydrogens (primary N) is 1. The Balaban J connectivity index is 1.73. The summed E-state index contributed by atoms with van der Waals surface area (Å²) in [6, 6.07) is 14.6. The van der Waals surface area contributed by atoms with Gasteiger partial charge in [-0.2, -0.15) is 0 Å². The third kappa shape index (κ3) is 4.87. The van der Waals surface area contributed by atoms with Crippen molar-refractivity contribution < 1.29 is 9.13 Å². The maximum Gasteiger partial charge on any atom is 0.124 e. The van der Waals surface area contributed by atoms with Gasteiger partial charge in [0, 0.05) is 10.6 Å². The minimum absolute atomic E-state index is 0.202. The minimum atomic E-state index is -0.202. The van der Waals surface area contributed by atoms with Crippen molar-refractivity contribution in [3.8, 4) is 5.75 Å². The number of thioether (sulfide) groups is 1. The fourth-order valence-corrected chi connectivity index (χ4v) is 2.57. The fourth-order valence-electron chi connectivity index (χ4n) is 1.79. The molecule has 2 N–H and O–H groups in total. The predicted molar refractivity (Wildman–Crippen MR) is 81.8 cm³/mol. The SMILES string of the molecule is NCCc1ccc(OCCSc2cccc(F)c2)cc1. The van der Waals surface area contributed by atoms with Gasteiger partial charge in [-0.3, -0.25) is 0 Å². The van der Waals surface area contributed by atoms with Crippen LogP contribution in [-0.4, -0.2) is 18.9 Å². The zero-order valence-electron chi connectivity index (χ0n) is 11.2. The highest BCUT2D eigenvalue weighted by Gasteiger charge is 1.98. The van der Waals surface area contributed by atoms with Crippen molar-refractivity contribution in [1.29, 1.82) is 0 Å². The van der Waals surface area contributed by atoms with Crippen LogP contribution in [0.3, 0.4) is 0 Å². The van der Waals surface area contributed by atoms with Crippen LogP contribution in [-0.2, 0) is 6.42 Å². The second-order valence-electron chi connectivity index (χ2n) is 4.34. The smallest absolute Gasteiger partial charge is 0.124 e. The summed E-state index contributed by atoms with van der Waals surface area (Å²) in [5.74, 6) is 1.44. The van der Waals surface area contributed by atoms with Gasteiger partial charge in [-0.15, -0.1) is 11.8 Å². The molecular formula is C16H18FNOS. The molecule has 2 nitrogen and oxygen atoms in total. The molecule has 0 heterocycles. The number of hydrogen-bond donors (Lipinski definition) is 1. The van der Waals surface area contributed by atoms with Crippen LogP contribution in [0.15, 0.2) is 53.4 Å². The van der Waals surface area contributed by atoms with E-state index in [4.69, 9.17) is 10.5 Å². The fraction of sp³-hybridized carbons (Fsp3) is 0.250. The Hall–Kier alpha value is -1.52. The number of hydrogen-bond acceptors (Lipinski definition) is 3. The molecule has 0 spiro atoms. The molecule has 0 aromatic heterocycles. The van der Waals surface area contributed by atoms with Gasteiger partial charge in [-0.05, 0) is 48.9 Å². The van der Waals surface area contributed by atoms with E-state index in [2.05, 4.69) is 0 Å². The zero-order chi connectivity index (χ0) is 14.2. The maximum absolute atomic E-state index is 13.0. The largest absolute Gasteiger partial charge is 0.493 e. The molecule has 2 aromatic carbocycles. The molecule has 4 heteroatoms. The standard InChI is InChI=1S/C16H18FNOS/c17-14-2-1-3-16(12-14)20-11-10-19-15-6-4-13(5-7-15)8-9-18/h1-7,12H,8-11,18H2. The maximum atomic E-state index is 13.0. The second kappa shape index (κ2) is 7.92. The van der Waals surface area contributed by atoms with E-state index in [0.717, 1.165) is 22.8 Å². The first-order valence-electron chi connectivity index (χ1n) is 6.58. The highest BCUT2D eigenvalue weighted by atomic mass is 32.2. The average molecular weight is 291 g/mol. The minimum Gasteiger partial charge on any atom is -0.493 e. The van der Waals surface area contributed by atoms with Gasteiger partial charge < -0.3 is 10.5 Å². The molecule has 0 bridgehead atoms. The molecular weight excluding hydrogens is 273 g/mol. The highest BCUT2D eigenvalue weighted by molar-refractivity contribution is 7.99. The third-order valence-electron chi connectivity index (χ3n) is 2.77. The van der Waals surface area contributed by atoms with Crippen LogP contribution in [0.1, 0.15) is 5.56 Å². The van der Waals surface area contributed by atoms with Crippen molar-refractivity contribution in [2.45, 2.75) is 11.3 Å². The summed E-state index contributed by atoms with van der Waals surface area (Å²) in [5, 5.41) is 0. The number of ether oxygens (including phenoxy) is 1. The van der Waals surface area contributed by atoms with E-state index in [9.17, 15) is 4.39 Å². The molecule has 0 saturated carbocycles. The summed E-state index contributed by atoms with van der Waals surface area (Å²) in [5.41, 5.74) is 6.72.